The van der Waals surface area contributed by atoms with Crippen LogP contribution in [0.25, 0.3) is 0 Å². The van der Waals surface area contributed by atoms with Crippen molar-refractivity contribution in [1.82, 2.24) is 0 Å². The number of hydrogen-bond acceptors (Lipinski definition) is 7. The lowest BCUT2D eigenvalue weighted by Crippen LogP contribution is -2.38. The van der Waals surface area contributed by atoms with Crippen LogP contribution in [0.2, 0.25) is 0 Å². The van der Waals surface area contributed by atoms with Crippen molar-refractivity contribution in [2.75, 3.05) is 10.7 Å². The molecule has 2 N–H and O–H groups in total. The zero-order valence-electron chi connectivity index (χ0n) is 23.3. The second-order valence-electron chi connectivity index (χ2n) is 10.5. The Bertz CT molecular complexity index is 1650. The molecular weight excluding hydrogens is 566 g/mol. The minimum atomic E-state index is -0.992. The molecule has 2 heterocycles. The molecule has 0 aromatic heterocycles. The zero-order valence-corrected chi connectivity index (χ0v) is 24.1. The van der Waals surface area contributed by atoms with E-state index < -0.39 is 12.3 Å². The van der Waals surface area contributed by atoms with E-state index in [2.05, 4.69) is 0 Å². The van der Waals surface area contributed by atoms with Gasteiger partial charge in [-0.1, -0.05) is 67.6 Å². The quantitative estimate of drug-likeness (QED) is 0.181. The van der Waals surface area contributed by atoms with Gasteiger partial charge in [-0.3, -0.25) is 9.59 Å². The molecule has 1 saturated heterocycles. The molecule has 0 aliphatic carbocycles. The van der Waals surface area contributed by atoms with E-state index in [9.17, 15) is 24.6 Å². The Morgan fingerprint density at radius 2 is 1.51 bits per heavy atom. The molecule has 0 bridgehead atoms. The first-order valence-electron chi connectivity index (χ1n) is 13.9. The second-order valence-corrected chi connectivity index (χ2v) is 11.6. The van der Waals surface area contributed by atoms with Gasteiger partial charge < -0.3 is 19.7 Å². The van der Waals surface area contributed by atoms with Crippen LogP contribution in [0.3, 0.4) is 0 Å². The lowest BCUT2D eigenvalue weighted by Gasteiger charge is -2.41. The number of amides is 2. The highest BCUT2D eigenvalue weighted by atomic mass is 32.2. The van der Waals surface area contributed by atoms with Crippen LogP contribution in [0, 0.1) is 5.92 Å². The first kappa shape index (κ1) is 28.8. The van der Waals surface area contributed by atoms with Crippen molar-refractivity contribution in [3.8, 4) is 0 Å². The lowest BCUT2D eigenvalue weighted by molar-refractivity contribution is -0.268. The number of hydrogen-bond donors (Lipinski definition) is 2. The topological polar surface area (TPSA) is 113 Å². The highest BCUT2D eigenvalue weighted by Crippen LogP contribution is 2.44. The Kier molecular flexibility index (Phi) is 8.14. The number of ether oxygens (including phenoxy) is 2. The lowest BCUT2D eigenvalue weighted by atomic mass is 9.91. The number of aliphatic hydroxyl groups is 1. The molecule has 4 atom stereocenters. The molecule has 0 saturated carbocycles. The summed E-state index contributed by atoms with van der Waals surface area (Å²) in [5, 5.41) is 19.2. The van der Waals surface area contributed by atoms with Crippen molar-refractivity contribution in [3.63, 3.8) is 0 Å². The summed E-state index contributed by atoms with van der Waals surface area (Å²) in [6.45, 7) is 1.96. The van der Waals surface area contributed by atoms with E-state index in [0.29, 0.717) is 33.0 Å². The van der Waals surface area contributed by atoms with Gasteiger partial charge in [-0.2, -0.15) is 0 Å². The number of anilines is 1. The number of carbonyl (C=O) groups is 3. The number of fused-ring (bicyclic) bond motifs is 1. The molecule has 2 amide bonds. The molecule has 0 unspecified atom stereocenters. The summed E-state index contributed by atoms with van der Waals surface area (Å²) in [6, 6.07) is 28.2. The zero-order chi connectivity index (χ0) is 30.1. The first-order valence-corrected chi connectivity index (χ1v) is 14.9. The van der Waals surface area contributed by atoms with E-state index in [1.54, 1.807) is 60.7 Å². The van der Waals surface area contributed by atoms with Gasteiger partial charge in [0, 0.05) is 22.1 Å². The van der Waals surface area contributed by atoms with Gasteiger partial charge >= 0.3 is 5.97 Å². The Hall–Kier alpha value is -4.28. The van der Waals surface area contributed by atoms with Gasteiger partial charge in [-0.25, -0.2) is 9.69 Å². The number of carboxylic acids is 1. The standard InChI is InChI=1S/C34H29NO7S/c1-20-28(19-43-29-12-5-4-11-27(29)33(39)40)41-34(42-30(20)22-15-13-21(18-36)14-16-22)23-7-6-8-24(17-23)35-31(37)25-9-2-3-10-26(25)32(35)38/h2-17,20,28,30,34,36H,18-19H2,1H3,(H,39,40)/t20-,28+,30+,34+/m0/s1. The van der Waals surface area contributed by atoms with E-state index in [1.165, 1.54) is 16.7 Å². The molecule has 2 aliphatic heterocycles. The van der Waals surface area contributed by atoms with Crippen molar-refractivity contribution in [2.45, 2.75) is 36.9 Å². The third kappa shape index (κ3) is 5.60. The molecule has 1 fully saturated rings. The minimum absolute atomic E-state index is 0.0695. The number of aromatic carboxylic acids is 1. The van der Waals surface area contributed by atoms with Crippen LogP contribution >= 0.6 is 11.8 Å². The SMILES string of the molecule is C[C@H]1[C@@H](CSc2ccccc2C(=O)O)O[C@@H](c2cccc(N3C(=O)c4ccccc4C3=O)c2)O[C@H]1c1ccc(CO)cc1. The van der Waals surface area contributed by atoms with Crippen molar-refractivity contribution in [2.24, 2.45) is 5.92 Å². The highest BCUT2D eigenvalue weighted by Gasteiger charge is 2.40. The van der Waals surface area contributed by atoms with Gasteiger partial charge in [-0.15, -0.1) is 11.8 Å². The van der Waals surface area contributed by atoms with E-state index in [4.69, 9.17) is 9.47 Å². The molecule has 4 aromatic rings. The monoisotopic (exact) mass is 595 g/mol. The molecule has 43 heavy (non-hydrogen) atoms. The molecule has 218 valence electrons. The van der Waals surface area contributed by atoms with Crippen molar-refractivity contribution in [1.29, 1.82) is 0 Å². The molecule has 4 aromatic carbocycles. The van der Waals surface area contributed by atoms with E-state index in [-0.39, 0.29) is 42.1 Å². The predicted molar refractivity (Wildman–Crippen MR) is 161 cm³/mol. The van der Waals surface area contributed by atoms with E-state index in [0.717, 1.165) is 11.1 Å². The van der Waals surface area contributed by atoms with Crippen LogP contribution in [-0.2, 0) is 16.1 Å². The van der Waals surface area contributed by atoms with E-state index >= 15 is 0 Å². The average Bonchev–Trinajstić information content (AvgIpc) is 3.30. The number of aliphatic hydroxyl groups excluding tert-OH is 1. The van der Waals surface area contributed by atoms with Gasteiger partial charge in [0.15, 0.2) is 6.29 Å². The van der Waals surface area contributed by atoms with Gasteiger partial charge in [0.1, 0.15) is 0 Å². The maximum Gasteiger partial charge on any atom is 0.336 e. The molecule has 8 nitrogen and oxygen atoms in total. The number of carbonyl (C=O) groups excluding carboxylic acids is 2. The average molecular weight is 596 g/mol. The van der Waals surface area contributed by atoms with Crippen LogP contribution in [-0.4, -0.2) is 39.9 Å². The third-order valence-electron chi connectivity index (χ3n) is 7.84. The summed E-state index contributed by atoms with van der Waals surface area (Å²) in [6.07, 6.45) is -1.54. The van der Waals surface area contributed by atoms with Crippen LogP contribution in [0.5, 0.6) is 0 Å². The largest absolute Gasteiger partial charge is 0.478 e. The van der Waals surface area contributed by atoms with Gasteiger partial charge in [0.25, 0.3) is 11.8 Å². The fourth-order valence-electron chi connectivity index (χ4n) is 5.49. The summed E-state index contributed by atoms with van der Waals surface area (Å²) in [4.78, 5) is 39.9. The maximum atomic E-state index is 13.2. The number of thioether (sulfide) groups is 1. The molecule has 0 spiro atoms. The molecule has 2 aliphatic rings. The summed E-state index contributed by atoms with van der Waals surface area (Å²) in [5.41, 5.74) is 3.71. The second kappa shape index (κ2) is 12.1. The fraction of sp³-hybridized carbons (Fsp3) is 0.206. The van der Waals surface area contributed by atoms with Crippen LogP contribution < -0.4 is 4.90 Å². The number of benzene rings is 4. The Labute approximate surface area is 252 Å². The van der Waals surface area contributed by atoms with Gasteiger partial charge in [0.2, 0.25) is 0 Å². The highest BCUT2D eigenvalue weighted by molar-refractivity contribution is 7.99. The Balaban J connectivity index is 1.31. The summed E-state index contributed by atoms with van der Waals surface area (Å²) in [7, 11) is 0. The van der Waals surface area contributed by atoms with Gasteiger partial charge in [0.05, 0.1) is 41.2 Å². The predicted octanol–water partition coefficient (Wildman–Crippen LogP) is 6.26. The molecule has 9 heteroatoms. The Morgan fingerprint density at radius 1 is 0.837 bits per heavy atom. The molecule has 6 rings (SSSR count). The van der Waals surface area contributed by atoms with Gasteiger partial charge in [-0.05, 0) is 47.5 Å². The van der Waals surface area contributed by atoms with Crippen molar-refractivity contribution < 1.29 is 34.1 Å². The van der Waals surface area contributed by atoms with E-state index in [1.807, 2.05) is 43.3 Å². The number of rotatable bonds is 8. The summed E-state index contributed by atoms with van der Waals surface area (Å²) >= 11 is 1.41. The molecule has 0 radical (unpaired) electrons. The normalized spacial score (nSPS) is 21.6. The Morgan fingerprint density at radius 3 is 2.19 bits per heavy atom. The summed E-state index contributed by atoms with van der Waals surface area (Å²) < 4.78 is 13.1. The van der Waals surface area contributed by atoms with Crippen LogP contribution in [0.15, 0.2) is 102 Å². The first-order chi connectivity index (χ1) is 20.9. The number of carboxylic acid groups (broad SMARTS) is 1. The third-order valence-corrected chi connectivity index (χ3v) is 9.00. The smallest absolute Gasteiger partial charge is 0.336 e. The van der Waals surface area contributed by atoms with Crippen molar-refractivity contribution in [3.05, 3.63) is 130 Å². The van der Waals surface area contributed by atoms with Crippen molar-refractivity contribution >= 4 is 35.2 Å². The minimum Gasteiger partial charge on any atom is -0.478 e. The molecular formula is C34H29NO7S. The maximum absolute atomic E-state index is 13.2. The number of imide groups is 1. The van der Waals surface area contributed by atoms with Crippen LogP contribution in [0.4, 0.5) is 5.69 Å². The van der Waals surface area contributed by atoms with Crippen LogP contribution in [0.1, 0.15) is 67.1 Å². The summed E-state index contributed by atoms with van der Waals surface area (Å²) in [5.74, 6) is -1.40. The fourth-order valence-corrected chi connectivity index (χ4v) is 6.70. The number of nitrogens with zero attached hydrogens (tertiary/aromatic N) is 1.